The summed E-state index contributed by atoms with van der Waals surface area (Å²) in [5.74, 6) is -0.184. The van der Waals surface area contributed by atoms with Gasteiger partial charge in [0, 0.05) is 31.9 Å². The fraction of sp³-hybridized carbons (Fsp3) is 0.278. The summed E-state index contributed by atoms with van der Waals surface area (Å²) >= 11 is 0. The predicted octanol–water partition coefficient (Wildman–Crippen LogP) is 2.52. The number of amides is 1. The molecule has 0 saturated heterocycles. The Morgan fingerprint density at radius 3 is 2.59 bits per heavy atom. The van der Waals surface area contributed by atoms with Gasteiger partial charge in [0.05, 0.1) is 6.10 Å². The van der Waals surface area contributed by atoms with Crippen molar-refractivity contribution in [1.29, 1.82) is 0 Å². The van der Waals surface area contributed by atoms with Gasteiger partial charge in [-0.25, -0.2) is 0 Å². The molecular weight excluding hydrogens is 276 g/mol. The quantitative estimate of drug-likeness (QED) is 0.892. The van der Waals surface area contributed by atoms with E-state index in [-0.39, 0.29) is 12.5 Å². The molecular formula is C18H22N2O2. The maximum absolute atomic E-state index is 12.2. The van der Waals surface area contributed by atoms with Gasteiger partial charge in [0.25, 0.3) is 5.91 Å². The van der Waals surface area contributed by atoms with Crippen LogP contribution >= 0.6 is 0 Å². The zero-order chi connectivity index (χ0) is 16.1. The summed E-state index contributed by atoms with van der Waals surface area (Å²) in [6, 6.07) is 15.0. The van der Waals surface area contributed by atoms with Crippen molar-refractivity contribution in [2.45, 2.75) is 13.0 Å². The summed E-state index contributed by atoms with van der Waals surface area (Å²) in [7, 11) is 3.86. The van der Waals surface area contributed by atoms with Gasteiger partial charge in [0.1, 0.15) is 0 Å². The Morgan fingerprint density at radius 1 is 1.18 bits per heavy atom. The van der Waals surface area contributed by atoms with Crippen molar-refractivity contribution in [3.8, 4) is 0 Å². The van der Waals surface area contributed by atoms with Crippen molar-refractivity contribution in [3.05, 3.63) is 65.2 Å². The van der Waals surface area contributed by atoms with Crippen LogP contribution in [0.3, 0.4) is 0 Å². The van der Waals surface area contributed by atoms with E-state index in [0.29, 0.717) is 5.56 Å². The van der Waals surface area contributed by atoms with Crippen LogP contribution in [0.15, 0.2) is 48.5 Å². The summed E-state index contributed by atoms with van der Waals surface area (Å²) in [5, 5.41) is 13.0. The zero-order valence-electron chi connectivity index (χ0n) is 13.2. The number of aliphatic hydroxyl groups excluding tert-OH is 1. The molecule has 22 heavy (non-hydrogen) atoms. The van der Waals surface area contributed by atoms with E-state index in [1.54, 1.807) is 6.07 Å². The molecule has 0 spiro atoms. The predicted molar refractivity (Wildman–Crippen MR) is 89.2 cm³/mol. The zero-order valence-corrected chi connectivity index (χ0v) is 13.2. The lowest BCUT2D eigenvalue weighted by Gasteiger charge is -2.16. The van der Waals surface area contributed by atoms with E-state index < -0.39 is 6.10 Å². The molecule has 0 radical (unpaired) electrons. The lowest BCUT2D eigenvalue weighted by atomic mass is 10.0. The minimum atomic E-state index is -0.706. The van der Waals surface area contributed by atoms with Gasteiger partial charge in [-0.1, -0.05) is 30.3 Å². The Hall–Kier alpha value is -2.33. The Labute approximate surface area is 131 Å². The molecule has 1 amide bonds. The van der Waals surface area contributed by atoms with Crippen molar-refractivity contribution in [1.82, 2.24) is 5.32 Å². The van der Waals surface area contributed by atoms with Crippen molar-refractivity contribution in [2.75, 3.05) is 25.5 Å². The SMILES string of the molecule is Cc1ccccc1C(O)CNC(=O)c1cccc(N(C)C)c1. The molecule has 2 N–H and O–H groups in total. The molecule has 116 valence electrons. The molecule has 1 unspecified atom stereocenters. The lowest BCUT2D eigenvalue weighted by molar-refractivity contribution is 0.0916. The normalized spacial score (nSPS) is 11.8. The number of benzene rings is 2. The van der Waals surface area contributed by atoms with Crippen LogP contribution in [0.25, 0.3) is 0 Å². The van der Waals surface area contributed by atoms with E-state index in [9.17, 15) is 9.90 Å². The van der Waals surface area contributed by atoms with Gasteiger partial charge in [-0.3, -0.25) is 4.79 Å². The van der Waals surface area contributed by atoms with Crippen LogP contribution in [0.2, 0.25) is 0 Å². The second kappa shape index (κ2) is 7.09. The molecule has 0 aliphatic heterocycles. The maximum Gasteiger partial charge on any atom is 0.251 e. The number of carbonyl (C=O) groups excluding carboxylic acids is 1. The van der Waals surface area contributed by atoms with Crippen molar-refractivity contribution < 1.29 is 9.90 Å². The van der Waals surface area contributed by atoms with Gasteiger partial charge >= 0.3 is 0 Å². The van der Waals surface area contributed by atoms with Crippen LogP contribution in [0.1, 0.15) is 27.6 Å². The third-order valence-electron chi connectivity index (χ3n) is 3.63. The monoisotopic (exact) mass is 298 g/mol. The van der Waals surface area contributed by atoms with E-state index in [4.69, 9.17) is 0 Å². The highest BCUT2D eigenvalue weighted by molar-refractivity contribution is 5.95. The first-order chi connectivity index (χ1) is 10.5. The number of nitrogens with one attached hydrogen (secondary N) is 1. The fourth-order valence-corrected chi connectivity index (χ4v) is 2.29. The first kappa shape index (κ1) is 16.0. The number of rotatable bonds is 5. The molecule has 4 nitrogen and oxygen atoms in total. The van der Waals surface area contributed by atoms with Crippen LogP contribution in [0.4, 0.5) is 5.69 Å². The Kier molecular flexibility index (Phi) is 5.17. The average Bonchev–Trinajstić information content (AvgIpc) is 2.52. The highest BCUT2D eigenvalue weighted by Crippen LogP contribution is 2.17. The first-order valence-electron chi connectivity index (χ1n) is 7.28. The standard InChI is InChI=1S/C18H22N2O2/c1-13-7-4-5-10-16(13)17(21)12-19-18(22)14-8-6-9-15(11-14)20(2)3/h4-11,17,21H,12H2,1-3H3,(H,19,22). The van der Waals surface area contributed by atoms with Gasteiger partial charge in [-0.05, 0) is 36.2 Å². The van der Waals surface area contributed by atoms with Crippen molar-refractivity contribution in [2.24, 2.45) is 0 Å². The summed E-state index contributed by atoms with van der Waals surface area (Å²) in [6.45, 7) is 2.14. The number of hydrogen-bond acceptors (Lipinski definition) is 3. The number of anilines is 1. The van der Waals surface area contributed by atoms with Crippen LogP contribution < -0.4 is 10.2 Å². The third-order valence-corrected chi connectivity index (χ3v) is 3.63. The minimum absolute atomic E-state index is 0.184. The second-order valence-corrected chi connectivity index (χ2v) is 5.53. The molecule has 2 aromatic carbocycles. The number of aryl methyl sites for hydroxylation is 1. The molecule has 0 aliphatic rings. The van der Waals surface area contributed by atoms with Gasteiger partial charge in [-0.2, -0.15) is 0 Å². The van der Waals surface area contributed by atoms with Crippen LogP contribution in [-0.2, 0) is 0 Å². The molecule has 0 fully saturated rings. The smallest absolute Gasteiger partial charge is 0.251 e. The van der Waals surface area contributed by atoms with E-state index in [2.05, 4.69) is 5.32 Å². The Bertz CT molecular complexity index is 653. The first-order valence-corrected chi connectivity index (χ1v) is 7.28. The van der Waals surface area contributed by atoms with E-state index in [1.807, 2.05) is 68.4 Å². The molecule has 0 aromatic heterocycles. The second-order valence-electron chi connectivity index (χ2n) is 5.53. The fourth-order valence-electron chi connectivity index (χ4n) is 2.29. The topological polar surface area (TPSA) is 52.6 Å². The van der Waals surface area contributed by atoms with Crippen molar-refractivity contribution >= 4 is 11.6 Å². The molecule has 2 rings (SSSR count). The maximum atomic E-state index is 12.2. The van der Waals surface area contributed by atoms with E-state index in [1.165, 1.54) is 0 Å². The molecule has 0 bridgehead atoms. The summed E-state index contributed by atoms with van der Waals surface area (Å²) in [4.78, 5) is 14.1. The van der Waals surface area contributed by atoms with Crippen molar-refractivity contribution in [3.63, 3.8) is 0 Å². The number of aliphatic hydroxyl groups is 1. The summed E-state index contributed by atoms with van der Waals surface area (Å²) in [6.07, 6.45) is -0.706. The van der Waals surface area contributed by atoms with Crippen LogP contribution in [-0.4, -0.2) is 31.7 Å². The molecule has 0 aliphatic carbocycles. The molecule has 1 atom stereocenters. The highest BCUT2D eigenvalue weighted by atomic mass is 16.3. The van der Waals surface area contributed by atoms with E-state index >= 15 is 0 Å². The lowest BCUT2D eigenvalue weighted by Crippen LogP contribution is -2.28. The third kappa shape index (κ3) is 3.86. The summed E-state index contributed by atoms with van der Waals surface area (Å²) < 4.78 is 0. The Morgan fingerprint density at radius 2 is 1.91 bits per heavy atom. The average molecular weight is 298 g/mol. The van der Waals surface area contributed by atoms with Gasteiger partial charge in [0.15, 0.2) is 0 Å². The largest absolute Gasteiger partial charge is 0.387 e. The highest BCUT2D eigenvalue weighted by Gasteiger charge is 2.12. The molecule has 4 heteroatoms. The van der Waals surface area contributed by atoms with Crippen LogP contribution in [0.5, 0.6) is 0 Å². The molecule has 0 heterocycles. The molecule has 0 saturated carbocycles. The van der Waals surface area contributed by atoms with Gasteiger partial charge < -0.3 is 15.3 Å². The number of nitrogens with zero attached hydrogens (tertiary/aromatic N) is 1. The number of hydrogen-bond donors (Lipinski definition) is 2. The van der Waals surface area contributed by atoms with Gasteiger partial charge in [-0.15, -0.1) is 0 Å². The molecule has 2 aromatic rings. The van der Waals surface area contributed by atoms with Crippen LogP contribution in [0, 0.1) is 6.92 Å². The summed E-state index contributed by atoms with van der Waals surface area (Å²) in [5.41, 5.74) is 3.40. The minimum Gasteiger partial charge on any atom is -0.387 e. The van der Waals surface area contributed by atoms with Gasteiger partial charge in [0.2, 0.25) is 0 Å². The van der Waals surface area contributed by atoms with E-state index in [0.717, 1.165) is 16.8 Å². The number of carbonyl (C=O) groups is 1. The Balaban J connectivity index is 2.01.